The molecule has 0 aromatic rings. The Bertz CT molecular complexity index is 229. The standard InChI is InChI=1S/C7H16O.C6H15N.C6H14O/c1-7(2,3)5-6-8-4;1-6(2,3)7(4)5;1-6(2,3)4-5-7/h5-6H2,1-4H3;1-5H3;7H,4-5H2,1-3H3. The molecule has 0 spiro atoms. The van der Waals surface area contributed by atoms with E-state index in [-0.39, 0.29) is 0 Å². The van der Waals surface area contributed by atoms with E-state index in [1.54, 1.807) is 7.11 Å². The van der Waals surface area contributed by atoms with E-state index in [2.05, 4.69) is 81.3 Å². The number of hydrogen-bond donors (Lipinski definition) is 1. The van der Waals surface area contributed by atoms with Crippen LogP contribution in [0.1, 0.15) is 75.2 Å². The second-order valence-corrected chi connectivity index (χ2v) is 9.40. The van der Waals surface area contributed by atoms with Crippen molar-refractivity contribution in [3.63, 3.8) is 0 Å². The molecule has 3 heteroatoms. The van der Waals surface area contributed by atoms with Crippen molar-refractivity contribution in [2.75, 3.05) is 34.4 Å². The lowest BCUT2D eigenvalue weighted by Crippen LogP contribution is -2.34. The highest BCUT2D eigenvalue weighted by Crippen LogP contribution is 2.17. The van der Waals surface area contributed by atoms with Crippen LogP contribution in [0, 0.1) is 10.8 Å². The molecule has 3 nitrogen and oxygen atoms in total. The van der Waals surface area contributed by atoms with E-state index in [9.17, 15) is 0 Å². The van der Waals surface area contributed by atoms with Crippen LogP contribution >= 0.6 is 0 Å². The molecule has 0 aromatic carbocycles. The molecule has 138 valence electrons. The Morgan fingerprint density at radius 2 is 1.09 bits per heavy atom. The van der Waals surface area contributed by atoms with Crippen molar-refractivity contribution in [2.45, 2.75) is 80.7 Å². The third kappa shape index (κ3) is 32.0. The quantitative estimate of drug-likeness (QED) is 0.808. The largest absolute Gasteiger partial charge is 0.396 e. The summed E-state index contributed by atoms with van der Waals surface area (Å²) in [5.41, 5.74) is 1.06. The van der Waals surface area contributed by atoms with Crippen molar-refractivity contribution >= 4 is 0 Å². The highest BCUT2D eigenvalue weighted by molar-refractivity contribution is 4.68. The first kappa shape index (κ1) is 26.8. The molecule has 0 rings (SSSR count). The highest BCUT2D eigenvalue weighted by atomic mass is 16.5. The van der Waals surface area contributed by atoms with Crippen LogP contribution in [0.2, 0.25) is 0 Å². The molecule has 0 heterocycles. The lowest BCUT2D eigenvalue weighted by Gasteiger charge is -2.27. The summed E-state index contributed by atoms with van der Waals surface area (Å²) in [7, 11) is 5.91. The molecular formula is C19H45NO2. The van der Waals surface area contributed by atoms with Crippen molar-refractivity contribution < 1.29 is 9.84 Å². The number of methoxy groups -OCH3 is 1. The Kier molecular flexibility index (Phi) is 15.0. The molecule has 0 radical (unpaired) electrons. The van der Waals surface area contributed by atoms with Gasteiger partial charge in [0.1, 0.15) is 0 Å². The molecule has 0 aliphatic heterocycles. The van der Waals surface area contributed by atoms with E-state index in [0.717, 1.165) is 19.4 Å². The second kappa shape index (κ2) is 12.3. The number of nitrogens with zero attached hydrogens (tertiary/aromatic N) is 1. The van der Waals surface area contributed by atoms with Gasteiger partial charge < -0.3 is 14.7 Å². The van der Waals surface area contributed by atoms with E-state index in [1.165, 1.54) is 0 Å². The Labute approximate surface area is 141 Å². The predicted octanol–water partition coefficient (Wildman–Crippen LogP) is 4.83. The lowest BCUT2D eigenvalue weighted by molar-refractivity contribution is 0.159. The van der Waals surface area contributed by atoms with Crippen molar-refractivity contribution in [1.29, 1.82) is 0 Å². The van der Waals surface area contributed by atoms with Crippen LogP contribution in [0.25, 0.3) is 0 Å². The molecule has 0 unspecified atom stereocenters. The number of aliphatic hydroxyl groups is 1. The number of hydrogen-bond acceptors (Lipinski definition) is 3. The van der Waals surface area contributed by atoms with Crippen LogP contribution in [0.4, 0.5) is 0 Å². The monoisotopic (exact) mass is 319 g/mol. The zero-order valence-corrected chi connectivity index (χ0v) is 17.6. The van der Waals surface area contributed by atoms with Gasteiger partial charge in [-0.15, -0.1) is 0 Å². The Morgan fingerprint density at radius 1 is 0.773 bits per heavy atom. The third-order valence-electron chi connectivity index (χ3n) is 3.26. The Hall–Kier alpha value is -0.120. The zero-order chi connectivity index (χ0) is 18.6. The number of ether oxygens (including phenoxy) is 1. The minimum atomic E-state index is 0.300. The van der Waals surface area contributed by atoms with Crippen LogP contribution in [0.5, 0.6) is 0 Å². The van der Waals surface area contributed by atoms with Gasteiger partial charge in [-0.3, -0.25) is 0 Å². The highest BCUT2D eigenvalue weighted by Gasteiger charge is 2.10. The Balaban J connectivity index is -0.000000247. The minimum absolute atomic E-state index is 0.300. The molecule has 0 aliphatic carbocycles. The third-order valence-corrected chi connectivity index (χ3v) is 3.26. The molecule has 22 heavy (non-hydrogen) atoms. The first-order valence-corrected chi connectivity index (χ1v) is 8.34. The summed E-state index contributed by atoms with van der Waals surface area (Å²) in [6.07, 6.45) is 2.04. The average molecular weight is 320 g/mol. The van der Waals surface area contributed by atoms with Gasteiger partial charge in [0.25, 0.3) is 0 Å². The summed E-state index contributed by atoms with van der Waals surface area (Å²) in [5.74, 6) is 0. The molecule has 0 aromatic heterocycles. The Morgan fingerprint density at radius 3 is 1.14 bits per heavy atom. The second-order valence-electron chi connectivity index (χ2n) is 9.40. The van der Waals surface area contributed by atoms with E-state index in [1.807, 2.05) is 0 Å². The van der Waals surface area contributed by atoms with Gasteiger partial charge in [0, 0.05) is 25.9 Å². The normalized spacial score (nSPS) is 12.3. The summed E-state index contributed by atoms with van der Waals surface area (Å²) < 4.78 is 4.92. The van der Waals surface area contributed by atoms with Gasteiger partial charge in [0.15, 0.2) is 0 Å². The predicted molar refractivity (Wildman–Crippen MR) is 101 cm³/mol. The summed E-state index contributed by atoms with van der Waals surface area (Å²) in [5, 5.41) is 8.40. The van der Waals surface area contributed by atoms with Crippen LogP contribution in [0.3, 0.4) is 0 Å². The van der Waals surface area contributed by atoms with Gasteiger partial charge >= 0.3 is 0 Å². The molecule has 0 aliphatic rings. The van der Waals surface area contributed by atoms with Gasteiger partial charge in [-0.1, -0.05) is 41.5 Å². The van der Waals surface area contributed by atoms with E-state index in [4.69, 9.17) is 9.84 Å². The van der Waals surface area contributed by atoms with Gasteiger partial charge in [0.05, 0.1) is 0 Å². The minimum Gasteiger partial charge on any atom is -0.396 e. The summed E-state index contributed by atoms with van der Waals surface area (Å²) >= 11 is 0. The topological polar surface area (TPSA) is 32.7 Å². The fourth-order valence-corrected chi connectivity index (χ4v) is 0.744. The van der Waals surface area contributed by atoms with Crippen molar-refractivity contribution in [1.82, 2.24) is 4.90 Å². The fourth-order valence-electron chi connectivity index (χ4n) is 0.744. The fraction of sp³-hybridized carbons (Fsp3) is 1.00. The lowest BCUT2D eigenvalue weighted by atomic mass is 9.93. The summed E-state index contributed by atoms with van der Waals surface area (Å²) in [6.45, 7) is 20.7. The average Bonchev–Trinajstić information content (AvgIpc) is 2.24. The molecule has 0 amide bonds. The summed E-state index contributed by atoms with van der Waals surface area (Å²) in [6, 6.07) is 0. The van der Waals surface area contributed by atoms with Crippen molar-refractivity contribution in [2.24, 2.45) is 10.8 Å². The first-order valence-electron chi connectivity index (χ1n) is 8.34. The SMILES string of the molecule is CC(C)(C)CCO.CN(C)C(C)(C)C.COCCC(C)(C)C. The van der Waals surface area contributed by atoms with Crippen LogP contribution in [-0.4, -0.2) is 50.0 Å². The van der Waals surface area contributed by atoms with Crippen molar-refractivity contribution in [3.05, 3.63) is 0 Å². The first-order chi connectivity index (χ1) is 9.56. The molecule has 0 atom stereocenters. The molecule has 0 saturated heterocycles. The van der Waals surface area contributed by atoms with Crippen LogP contribution in [0.15, 0.2) is 0 Å². The van der Waals surface area contributed by atoms with Crippen LogP contribution in [-0.2, 0) is 4.74 Å². The molecule has 0 fully saturated rings. The molecule has 0 bridgehead atoms. The van der Waals surface area contributed by atoms with Gasteiger partial charge in [0.2, 0.25) is 0 Å². The number of aliphatic hydroxyl groups excluding tert-OH is 1. The van der Waals surface area contributed by atoms with E-state index in [0.29, 0.717) is 23.0 Å². The summed E-state index contributed by atoms with van der Waals surface area (Å²) in [4.78, 5) is 2.19. The maximum atomic E-state index is 8.40. The smallest absolute Gasteiger partial charge is 0.0467 e. The molecule has 0 saturated carbocycles. The van der Waals surface area contributed by atoms with Crippen LogP contribution < -0.4 is 0 Å². The van der Waals surface area contributed by atoms with E-state index >= 15 is 0 Å². The number of rotatable bonds is 3. The molecular weight excluding hydrogens is 274 g/mol. The maximum Gasteiger partial charge on any atom is 0.0467 e. The molecule has 1 N–H and O–H groups in total. The van der Waals surface area contributed by atoms with Gasteiger partial charge in [-0.2, -0.15) is 0 Å². The van der Waals surface area contributed by atoms with Gasteiger partial charge in [-0.25, -0.2) is 0 Å². The van der Waals surface area contributed by atoms with Gasteiger partial charge in [-0.05, 0) is 58.5 Å². The maximum absolute atomic E-state index is 8.40. The zero-order valence-electron chi connectivity index (χ0n) is 17.6. The van der Waals surface area contributed by atoms with E-state index < -0.39 is 0 Å². The van der Waals surface area contributed by atoms with Crippen molar-refractivity contribution in [3.8, 4) is 0 Å².